The minimum Gasteiger partial charge on any atom is -0.374 e. The number of carbonyl (C=O) groups excluding carboxylic acids is 1. The van der Waals surface area contributed by atoms with Gasteiger partial charge in [0.2, 0.25) is 5.91 Å². The van der Waals surface area contributed by atoms with Crippen LogP contribution in [-0.4, -0.2) is 42.1 Å². The van der Waals surface area contributed by atoms with Crippen LogP contribution in [0.15, 0.2) is 22.7 Å². The first-order valence-corrected chi connectivity index (χ1v) is 8.13. The number of carbonyl (C=O) groups is 1. The summed E-state index contributed by atoms with van der Waals surface area (Å²) in [6.07, 6.45) is 0.193. The number of aryl methyl sites for hydroxylation is 1. The molecular weight excluding hydrogens is 332 g/mol. The van der Waals surface area contributed by atoms with Crippen LogP contribution in [0.5, 0.6) is 0 Å². The minimum atomic E-state index is -0.248. The number of halogens is 1. The summed E-state index contributed by atoms with van der Waals surface area (Å²) in [6, 6.07) is 5.76. The third-order valence-electron chi connectivity index (χ3n) is 3.66. The van der Waals surface area contributed by atoms with E-state index in [0.717, 1.165) is 15.7 Å². The van der Waals surface area contributed by atoms with Crippen LogP contribution in [0.25, 0.3) is 0 Å². The summed E-state index contributed by atoms with van der Waals surface area (Å²) in [5.74, 6) is 0.124. The van der Waals surface area contributed by atoms with E-state index in [1.165, 1.54) is 0 Å². The summed E-state index contributed by atoms with van der Waals surface area (Å²) in [7, 11) is 0. The molecule has 0 aliphatic carbocycles. The molecule has 0 bridgehead atoms. The summed E-state index contributed by atoms with van der Waals surface area (Å²) in [4.78, 5) is 14.5. The number of anilines is 1. The van der Waals surface area contributed by atoms with E-state index in [9.17, 15) is 4.79 Å². The molecule has 1 amide bonds. The normalized spacial score (nSPS) is 23.8. The molecule has 5 heteroatoms. The highest BCUT2D eigenvalue weighted by Gasteiger charge is 2.28. The first kappa shape index (κ1) is 16.3. The number of hydrogen-bond acceptors (Lipinski definition) is 3. The van der Waals surface area contributed by atoms with E-state index in [-0.39, 0.29) is 24.2 Å². The molecule has 0 aromatic heterocycles. The van der Waals surface area contributed by atoms with Crippen LogP contribution in [-0.2, 0) is 9.53 Å². The zero-order valence-corrected chi connectivity index (χ0v) is 14.6. The number of nitrogens with zero attached hydrogens (tertiary/aromatic N) is 1. The number of hydrogen-bond donors (Lipinski definition) is 1. The van der Waals surface area contributed by atoms with E-state index in [0.29, 0.717) is 13.1 Å². The van der Waals surface area contributed by atoms with Gasteiger partial charge < -0.3 is 15.0 Å². The first-order chi connectivity index (χ1) is 9.86. The van der Waals surface area contributed by atoms with Crippen molar-refractivity contribution in [1.29, 1.82) is 0 Å². The second-order valence-electron chi connectivity index (χ2n) is 5.83. The maximum atomic E-state index is 12.6. The Bertz CT molecular complexity index is 511. The van der Waals surface area contributed by atoms with Gasteiger partial charge in [-0.05, 0) is 51.5 Å². The predicted molar refractivity (Wildman–Crippen MR) is 88.6 cm³/mol. The monoisotopic (exact) mass is 354 g/mol. The van der Waals surface area contributed by atoms with Crippen LogP contribution >= 0.6 is 15.9 Å². The van der Waals surface area contributed by atoms with Crippen LogP contribution in [0.1, 0.15) is 26.3 Å². The van der Waals surface area contributed by atoms with Gasteiger partial charge in [0.25, 0.3) is 0 Å². The van der Waals surface area contributed by atoms with Gasteiger partial charge in [-0.2, -0.15) is 0 Å². The van der Waals surface area contributed by atoms with Gasteiger partial charge >= 0.3 is 0 Å². The highest BCUT2D eigenvalue weighted by Crippen LogP contribution is 2.21. The Morgan fingerprint density at radius 3 is 2.57 bits per heavy atom. The zero-order chi connectivity index (χ0) is 15.6. The van der Waals surface area contributed by atoms with Crippen LogP contribution in [0.4, 0.5) is 5.69 Å². The van der Waals surface area contributed by atoms with E-state index in [4.69, 9.17) is 4.74 Å². The molecular formula is C16H23BrN2O2. The molecule has 2 rings (SSSR count). The van der Waals surface area contributed by atoms with Crippen molar-refractivity contribution < 1.29 is 9.53 Å². The summed E-state index contributed by atoms with van der Waals surface area (Å²) >= 11 is 3.45. The topological polar surface area (TPSA) is 41.6 Å². The van der Waals surface area contributed by atoms with Gasteiger partial charge in [0.1, 0.15) is 6.04 Å². The van der Waals surface area contributed by atoms with Gasteiger partial charge in [0, 0.05) is 23.2 Å². The molecule has 0 radical (unpaired) electrons. The zero-order valence-electron chi connectivity index (χ0n) is 13.0. The molecule has 4 nitrogen and oxygen atoms in total. The Hall–Kier alpha value is -1.07. The van der Waals surface area contributed by atoms with Crippen molar-refractivity contribution in [2.45, 2.75) is 45.9 Å². The van der Waals surface area contributed by atoms with Crippen LogP contribution in [0, 0.1) is 6.92 Å². The van der Waals surface area contributed by atoms with Crippen molar-refractivity contribution in [3.8, 4) is 0 Å². The lowest BCUT2D eigenvalue weighted by molar-refractivity contribution is -0.143. The molecule has 0 unspecified atom stereocenters. The van der Waals surface area contributed by atoms with E-state index in [1.807, 2.05) is 50.8 Å². The van der Waals surface area contributed by atoms with Gasteiger partial charge in [0.15, 0.2) is 0 Å². The highest BCUT2D eigenvalue weighted by molar-refractivity contribution is 9.10. The second kappa shape index (κ2) is 6.79. The van der Waals surface area contributed by atoms with Crippen molar-refractivity contribution in [2.75, 3.05) is 18.4 Å². The molecule has 0 saturated carbocycles. The Morgan fingerprint density at radius 2 is 2.00 bits per heavy atom. The van der Waals surface area contributed by atoms with Crippen molar-refractivity contribution >= 4 is 27.5 Å². The fraction of sp³-hybridized carbons (Fsp3) is 0.562. The Morgan fingerprint density at radius 1 is 1.38 bits per heavy atom. The molecule has 1 N–H and O–H groups in total. The van der Waals surface area contributed by atoms with Gasteiger partial charge in [-0.3, -0.25) is 4.79 Å². The molecule has 1 heterocycles. The fourth-order valence-electron chi connectivity index (χ4n) is 2.72. The third kappa shape index (κ3) is 4.20. The maximum absolute atomic E-state index is 12.6. The number of morpholine rings is 1. The molecule has 1 aromatic rings. The standard InChI is InChI=1S/C16H23BrN2O2/c1-10-7-14(17)5-6-15(10)18-13(4)16(20)19-8-11(2)21-12(3)9-19/h5-7,11-13,18H,8-9H2,1-4H3/t11-,12+,13-/m0/s1. The lowest BCUT2D eigenvalue weighted by Gasteiger charge is -2.36. The number of rotatable bonds is 3. The van der Waals surface area contributed by atoms with Crippen molar-refractivity contribution in [3.63, 3.8) is 0 Å². The lowest BCUT2D eigenvalue weighted by Crippen LogP contribution is -2.52. The second-order valence-corrected chi connectivity index (χ2v) is 6.74. The van der Waals surface area contributed by atoms with Crippen LogP contribution in [0.2, 0.25) is 0 Å². The minimum absolute atomic E-state index is 0.0966. The number of nitrogens with one attached hydrogen (secondary N) is 1. The van der Waals surface area contributed by atoms with Crippen molar-refractivity contribution in [3.05, 3.63) is 28.2 Å². The third-order valence-corrected chi connectivity index (χ3v) is 4.16. The average molecular weight is 355 g/mol. The van der Waals surface area contributed by atoms with Gasteiger partial charge in [-0.25, -0.2) is 0 Å². The van der Waals surface area contributed by atoms with Crippen LogP contribution < -0.4 is 5.32 Å². The van der Waals surface area contributed by atoms with Crippen molar-refractivity contribution in [1.82, 2.24) is 4.90 Å². The molecule has 0 spiro atoms. The molecule has 116 valence electrons. The van der Waals surface area contributed by atoms with E-state index in [2.05, 4.69) is 21.2 Å². The summed E-state index contributed by atoms with van der Waals surface area (Å²) in [5, 5.41) is 3.31. The smallest absolute Gasteiger partial charge is 0.244 e. The predicted octanol–water partition coefficient (Wildman–Crippen LogP) is 3.19. The summed E-state index contributed by atoms with van der Waals surface area (Å²) in [6.45, 7) is 9.28. The fourth-order valence-corrected chi connectivity index (χ4v) is 3.19. The summed E-state index contributed by atoms with van der Waals surface area (Å²) < 4.78 is 6.72. The van der Waals surface area contributed by atoms with Gasteiger partial charge in [-0.1, -0.05) is 15.9 Å². The summed E-state index contributed by atoms with van der Waals surface area (Å²) in [5.41, 5.74) is 2.11. The number of benzene rings is 1. The molecule has 1 fully saturated rings. The lowest BCUT2D eigenvalue weighted by atomic mass is 10.1. The molecule has 3 atom stereocenters. The van der Waals surface area contributed by atoms with Crippen molar-refractivity contribution in [2.24, 2.45) is 0 Å². The Kier molecular flexibility index (Phi) is 5.27. The van der Waals surface area contributed by atoms with Gasteiger partial charge in [-0.15, -0.1) is 0 Å². The quantitative estimate of drug-likeness (QED) is 0.906. The van der Waals surface area contributed by atoms with E-state index >= 15 is 0 Å². The number of ether oxygens (including phenoxy) is 1. The van der Waals surface area contributed by atoms with Crippen LogP contribution in [0.3, 0.4) is 0 Å². The first-order valence-electron chi connectivity index (χ1n) is 7.33. The molecule has 1 aromatic carbocycles. The largest absolute Gasteiger partial charge is 0.374 e. The molecule has 1 aliphatic rings. The Labute approximate surface area is 135 Å². The average Bonchev–Trinajstić information content (AvgIpc) is 2.40. The molecule has 21 heavy (non-hydrogen) atoms. The van der Waals surface area contributed by atoms with E-state index in [1.54, 1.807) is 0 Å². The maximum Gasteiger partial charge on any atom is 0.244 e. The molecule has 1 saturated heterocycles. The Balaban J connectivity index is 2.02. The highest BCUT2D eigenvalue weighted by atomic mass is 79.9. The van der Waals surface area contributed by atoms with Gasteiger partial charge in [0.05, 0.1) is 12.2 Å². The number of amides is 1. The SMILES string of the molecule is Cc1cc(Br)ccc1N[C@@H](C)C(=O)N1C[C@@H](C)O[C@@H](C)C1. The molecule has 1 aliphatic heterocycles. The van der Waals surface area contributed by atoms with E-state index < -0.39 is 0 Å².